The Labute approximate surface area is 207 Å². The third-order valence-electron chi connectivity index (χ3n) is 5.44. The highest BCUT2D eigenvalue weighted by Gasteiger charge is 2.27. The van der Waals surface area contributed by atoms with Gasteiger partial charge in [-0.3, -0.25) is 14.5 Å². The van der Waals surface area contributed by atoms with Gasteiger partial charge in [0.25, 0.3) is 0 Å². The van der Waals surface area contributed by atoms with Crippen molar-refractivity contribution in [1.29, 1.82) is 0 Å². The van der Waals surface area contributed by atoms with E-state index in [1.165, 1.54) is 14.0 Å². The van der Waals surface area contributed by atoms with Gasteiger partial charge < -0.3 is 30.0 Å². The molecule has 0 bridgehead atoms. The molecule has 0 aliphatic carbocycles. The first kappa shape index (κ1) is 28.4. The van der Waals surface area contributed by atoms with E-state index in [-0.39, 0.29) is 30.8 Å². The predicted octanol–water partition coefficient (Wildman–Crippen LogP) is 1.99. The molecule has 0 spiro atoms. The molecule has 35 heavy (non-hydrogen) atoms. The Balaban J connectivity index is 1.74. The first-order valence-corrected chi connectivity index (χ1v) is 11.9. The van der Waals surface area contributed by atoms with Crippen LogP contribution in [0.25, 0.3) is 0 Å². The van der Waals surface area contributed by atoms with Gasteiger partial charge in [-0.15, -0.1) is 0 Å². The van der Waals surface area contributed by atoms with Gasteiger partial charge in [-0.1, -0.05) is 0 Å². The number of benzene rings is 1. The van der Waals surface area contributed by atoms with Crippen LogP contribution in [-0.4, -0.2) is 85.9 Å². The van der Waals surface area contributed by atoms with Crippen molar-refractivity contribution in [3.8, 4) is 11.5 Å². The number of nitrogens with zero attached hydrogens (tertiary/aromatic N) is 1. The fraction of sp³-hybridized carbons (Fsp3) is 0.640. The second kappa shape index (κ2) is 13.3. The Morgan fingerprint density at radius 1 is 1.17 bits per heavy atom. The van der Waals surface area contributed by atoms with Crippen LogP contribution >= 0.6 is 0 Å². The van der Waals surface area contributed by atoms with Crippen LogP contribution in [0.3, 0.4) is 0 Å². The average molecular weight is 494 g/mol. The summed E-state index contributed by atoms with van der Waals surface area (Å²) in [7, 11) is 1.50. The lowest BCUT2D eigenvalue weighted by Gasteiger charge is -2.33. The van der Waals surface area contributed by atoms with Gasteiger partial charge in [-0.2, -0.15) is 0 Å². The molecule has 196 valence electrons. The van der Waals surface area contributed by atoms with Crippen LogP contribution in [0, 0.1) is 5.92 Å². The first-order chi connectivity index (χ1) is 16.5. The van der Waals surface area contributed by atoms with Gasteiger partial charge in [0.2, 0.25) is 5.91 Å². The zero-order valence-electron chi connectivity index (χ0n) is 21.4. The highest BCUT2D eigenvalue weighted by atomic mass is 16.6. The Bertz CT molecular complexity index is 869. The number of methoxy groups -OCH3 is 1. The molecular formula is C25H39N3O7. The van der Waals surface area contributed by atoms with E-state index in [2.05, 4.69) is 15.5 Å². The maximum absolute atomic E-state index is 12.6. The Kier molecular flexibility index (Phi) is 10.8. The quantitative estimate of drug-likeness (QED) is 0.316. The third-order valence-corrected chi connectivity index (χ3v) is 5.44. The molecule has 10 heteroatoms. The van der Waals surface area contributed by atoms with Crippen molar-refractivity contribution in [1.82, 2.24) is 15.5 Å². The summed E-state index contributed by atoms with van der Waals surface area (Å²) in [5, 5.41) is 16.0. The summed E-state index contributed by atoms with van der Waals surface area (Å²) in [6.45, 7) is 9.20. The number of aliphatic hydroxyl groups is 1. The number of hydrogen-bond acceptors (Lipinski definition) is 8. The lowest BCUT2D eigenvalue weighted by Crippen LogP contribution is -2.47. The van der Waals surface area contributed by atoms with Crippen molar-refractivity contribution >= 4 is 17.8 Å². The van der Waals surface area contributed by atoms with E-state index >= 15 is 0 Å². The Morgan fingerprint density at radius 3 is 2.54 bits per heavy atom. The summed E-state index contributed by atoms with van der Waals surface area (Å²) in [4.78, 5) is 37.8. The zero-order chi connectivity index (χ0) is 26.0. The third kappa shape index (κ3) is 10.1. The monoisotopic (exact) mass is 493 g/mol. The molecule has 1 saturated heterocycles. The summed E-state index contributed by atoms with van der Waals surface area (Å²) in [5.41, 5.74) is -0.0475. The SMILES string of the molecule is COc1cc(C(C)=O)ccc1OCC(O)CN1CCCC(C(=O)NCCNC(=O)OC(C)(C)C)C1. The van der Waals surface area contributed by atoms with Gasteiger partial charge in [-0.05, 0) is 65.3 Å². The van der Waals surface area contributed by atoms with E-state index < -0.39 is 17.8 Å². The van der Waals surface area contributed by atoms with E-state index in [0.29, 0.717) is 36.7 Å². The molecule has 1 heterocycles. The summed E-state index contributed by atoms with van der Waals surface area (Å²) in [6, 6.07) is 4.92. The Morgan fingerprint density at radius 2 is 1.89 bits per heavy atom. The number of amides is 2. The number of Topliss-reactive ketones (excluding diaryl/α,β-unsaturated/α-hetero) is 1. The summed E-state index contributed by atoms with van der Waals surface area (Å²) in [5.74, 6) is 0.561. The normalized spacial score (nSPS) is 17.3. The molecule has 1 aliphatic rings. The van der Waals surface area contributed by atoms with Crippen molar-refractivity contribution < 1.29 is 33.7 Å². The van der Waals surface area contributed by atoms with E-state index in [4.69, 9.17) is 14.2 Å². The van der Waals surface area contributed by atoms with Crippen LogP contribution in [0.15, 0.2) is 18.2 Å². The standard InChI is InChI=1S/C25H39N3O7/c1-17(29)18-8-9-21(22(13-18)33-5)34-16-20(30)15-28-12-6-7-19(14-28)23(31)26-10-11-27-24(32)35-25(2,3)4/h8-9,13,19-20,30H,6-7,10-12,14-16H2,1-5H3,(H,26,31)(H,27,32). The molecule has 2 rings (SSSR count). The smallest absolute Gasteiger partial charge is 0.407 e. The minimum atomic E-state index is -0.757. The van der Waals surface area contributed by atoms with E-state index in [1.807, 2.05) is 0 Å². The van der Waals surface area contributed by atoms with Crippen molar-refractivity contribution in [2.24, 2.45) is 5.92 Å². The highest BCUT2D eigenvalue weighted by molar-refractivity contribution is 5.94. The largest absolute Gasteiger partial charge is 0.493 e. The van der Waals surface area contributed by atoms with Crippen LogP contribution < -0.4 is 20.1 Å². The lowest BCUT2D eigenvalue weighted by molar-refractivity contribution is -0.126. The number of β-amino-alcohol motifs (C(OH)–C–C–N with tert-alkyl or cyclic N) is 1. The molecular weight excluding hydrogens is 454 g/mol. The number of alkyl carbamates (subject to hydrolysis) is 1. The van der Waals surface area contributed by atoms with Crippen LogP contribution in [0.4, 0.5) is 4.79 Å². The van der Waals surface area contributed by atoms with Crippen molar-refractivity contribution in [3.63, 3.8) is 0 Å². The van der Waals surface area contributed by atoms with Crippen LogP contribution in [0.1, 0.15) is 50.9 Å². The van der Waals surface area contributed by atoms with Crippen LogP contribution in [0.2, 0.25) is 0 Å². The van der Waals surface area contributed by atoms with Gasteiger partial charge in [0, 0.05) is 31.7 Å². The number of rotatable bonds is 11. The lowest BCUT2D eigenvalue weighted by atomic mass is 9.97. The number of carbonyl (C=O) groups is 3. The van der Waals surface area contributed by atoms with Gasteiger partial charge in [0.1, 0.15) is 18.3 Å². The number of piperidine rings is 1. The van der Waals surface area contributed by atoms with Crippen molar-refractivity contribution in [2.45, 2.75) is 52.2 Å². The minimum absolute atomic E-state index is 0.0550. The van der Waals surface area contributed by atoms with Crippen molar-refractivity contribution in [2.75, 3.05) is 46.4 Å². The van der Waals surface area contributed by atoms with E-state index in [1.54, 1.807) is 39.0 Å². The molecule has 1 fully saturated rings. The predicted molar refractivity (Wildman–Crippen MR) is 131 cm³/mol. The summed E-state index contributed by atoms with van der Waals surface area (Å²) >= 11 is 0. The fourth-order valence-electron chi connectivity index (χ4n) is 3.79. The summed E-state index contributed by atoms with van der Waals surface area (Å²) in [6.07, 6.45) is 0.349. The molecule has 0 aromatic heterocycles. The second-order valence-corrected chi connectivity index (χ2v) is 9.71. The number of ketones is 1. The number of likely N-dealkylation sites (tertiary alicyclic amines) is 1. The fourth-order valence-corrected chi connectivity index (χ4v) is 3.79. The molecule has 1 aromatic carbocycles. The molecule has 2 atom stereocenters. The summed E-state index contributed by atoms with van der Waals surface area (Å²) < 4.78 is 16.2. The van der Waals surface area contributed by atoms with Gasteiger partial charge in [-0.25, -0.2) is 4.79 Å². The maximum Gasteiger partial charge on any atom is 0.407 e. The molecule has 2 amide bonds. The average Bonchev–Trinajstić information content (AvgIpc) is 2.79. The number of nitrogens with one attached hydrogen (secondary N) is 2. The number of carbonyl (C=O) groups excluding carboxylic acids is 3. The molecule has 2 unspecified atom stereocenters. The first-order valence-electron chi connectivity index (χ1n) is 11.9. The maximum atomic E-state index is 12.6. The number of aliphatic hydroxyl groups excluding tert-OH is 1. The van der Waals surface area contributed by atoms with Crippen LogP contribution in [-0.2, 0) is 9.53 Å². The Hall–Kier alpha value is -2.85. The second-order valence-electron chi connectivity index (χ2n) is 9.71. The van der Waals surface area contributed by atoms with E-state index in [9.17, 15) is 19.5 Å². The van der Waals surface area contributed by atoms with Crippen molar-refractivity contribution in [3.05, 3.63) is 23.8 Å². The molecule has 3 N–H and O–H groups in total. The molecule has 1 aromatic rings. The number of hydrogen-bond donors (Lipinski definition) is 3. The molecule has 0 saturated carbocycles. The topological polar surface area (TPSA) is 126 Å². The molecule has 10 nitrogen and oxygen atoms in total. The minimum Gasteiger partial charge on any atom is -0.493 e. The molecule has 1 aliphatic heterocycles. The highest BCUT2D eigenvalue weighted by Crippen LogP contribution is 2.28. The number of ether oxygens (including phenoxy) is 3. The van der Waals surface area contributed by atoms with Crippen LogP contribution in [0.5, 0.6) is 11.5 Å². The van der Waals surface area contributed by atoms with Gasteiger partial charge >= 0.3 is 6.09 Å². The van der Waals surface area contributed by atoms with Gasteiger partial charge in [0.15, 0.2) is 17.3 Å². The molecule has 0 radical (unpaired) electrons. The van der Waals surface area contributed by atoms with E-state index in [0.717, 1.165) is 19.4 Å². The van der Waals surface area contributed by atoms with Gasteiger partial charge in [0.05, 0.1) is 13.0 Å². The zero-order valence-corrected chi connectivity index (χ0v) is 21.4.